The van der Waals surface area contributed by atoms with Crippen LogP contribution in [0.3, 0.4) is 0 Å². The zero-order valence-electron chi connectivity index (χ0n) is 12.2. The Hall–Kier alpha value is -2.18. The molecule has 0 bridgehead atoms. The Balaban J connectivity index is 1.82. The highest BCUT2D eigenvalue weighted by atomic mass is 32.2. The van der Waals surface area contributed by atoms with E-state index in [0.29, 0.717) is 0 Å². The molecule has 0 radical (unpaired) electrons. The molecule has 0 amide bonds. The van der Waals surface area contributed by atoms with Gasteiger partial charge in [-0.2, -0.15) is 5.10 Å². The fourth-order valence-electron chi connectivity index (χ4n) is 2.30. The molecule has 2 aromatic carbocycles. The van der Waals surface area contributed by atoms with Gasteiger partial charge in [0.1, 0.15) is 12.1 Å². The van der Waals surface area contributed by atoms with Gasteiger partial charge in [0.05, 0.1) is 9.90 Å². The molecule has 0 unspecified atom stereocenters. The summed E-state index contributed by atoms with van der Waals surface area (Å²) in [7, 11) is 0. The van der Waals surface area contributed by atoms with E-state index in [9.17, 15) is 4.39 Å². The SMILES string of the molecule is Cc1ccc(Sc2sc3ncnn3c2-c2ccc(F)cc2)cc1. The largest absolute Gasteiger partial charge is 0.213 e. The fourth-order valence-corrected chi connectivity index (χ4v) is 4.56. The molecular weight excluding hydrogens is 329 g/mol. The Morgan fingerprint density at radius 2 is 1.78 bits per heavy atom. The second-order valence-electron chi connectivity index (χ2n) is 5.11. The van der Waals surface area contributed by atoms with Crippen LogP contribution in [0.1, 0.15) is 5.56 Å². The average Bonchev–Trinajstić information content (AvgIpc) is 3.11. The topological polar surface area (TPSA) is 30.2 Å². The third-order valence-electron chi connectivity index (χ3n) is 3.45. The number of thiazole rings is 1. The van der Waals surface area contributed by atoms with Crippen LogP contribution in [-0.4, -0.2) is 14.6 Å². The summed E-state index contributed by atoms with van der Waals surface area (Å²) in [5.74, 6) is -0.244. The summed E-state index contributed by atoms with van der Waals surface area (Å²) in [6.45, 7) is 2.07. The molecule has 0 aliphatic heterocycles. The molecule has 3 nitrogen and oxygen atoms in total. The van der Waals surface area contributed by atoms with E-state index in [0.717, 1.165) is 25.3 Å². The smallest absolute Gasteiger partial charge is 0.207 e. The highest BCUT2D eigenvalue weighted by Gasteiger charge is 2.17. The Labute approximate surface area is 140 Å². The van der Waals surface area contributed by atoms with Crippen LogP contribution in [0, 0.1) is 12.7 Å². The van der Waals surface area contributed by atoms with Crippen molar-refractivity contribution in [1.29, 1.82) is 0 Å². The van der Waals surface area contributed by atoms with Crippen molar-refractivity contribution in [2.45, 2.75) is 16.0 Å². The van der Waals surface area contributed by atoms with Gasteiger partial charge in [-0.1, -0.05) is 40.8 Å². The number of halogens is 1. The molecule has 0 N–H and O–H groups in total. The van der Waals surface area contributed by atoms with Gasteiger partial charge in [0.2, 0.25) is 4.96 Å². The lowest BCUT2D eigenvalue weighted by molar-refractivity contribution is 0.628. The van der Waals surface area contributed by atoms with Crippen molar-refractivity contribution in [3.8, 4) is 11.3 Å². The lowest BCUT2D eigenvalue weighted by Crippen LogP contribution is -1.89. The van der Waals surface area contributed by atoms with E-state index in [-0.39, 0.29) is 5.82 Å². The van der Waals surface area contributed by atoms with Gasteiger partial charge >= 0.3 is 0 Å². The van der Waals surface area contributed by atoms with Crippen molar-refractivity contribution in [3.05, 3.63) is 66.2 Å². The first-order valence-corrected chi connectivity index (χ1v) is 8.67. The van der Waals surface area contributed by atoms with Gasteiger partial charge in [0.25, 0.3) is 0 Å². The molecule has 0 saturated heterocycles. The molecule has 0 spiro atoms. The third-order valence-corrected chi connectivity index (χ3v) is 5.68. The van der Waals surface area contributed by atoms with Crippen molar-refractivity contribution in [1.82, 2.24) is 14.6 Å². The minimum absolute atomic E-state index is 0.244. The van der Waals surface area contributed by atoms with Gasteiger partial charge in [-0.3, -0.25) is 0 Å². The number of rotatable bonds is 3. The van der Waals surface area contributed by atoms with Crippen molar-refractivity contribution < 1.29 is 4.39 Å². The van der Waals surface area contributed by atoms with E-state index >= 15 is 0 Å². The van der Waals surface area contributed by atoms with Crippen LogP contribution in [0.5, 0.6) is 0 Å². The zero-order chi connectivity index (χ0) is 15.8. The van der Waals surface area contributed by atoms with Crippen molar-refractivity contribution in [2.24, 2.45) is 0 Å². The van der Waals surface area contributed by atoms with E-state index < -0.39 is 0 Å². The van der Waals surface area contributed by atoms with Crippen LogP contribution in [0.15, 0.2) is 64.0 Å². The molecule has 23 heavy (non-hydrogen) atoms. The third kappa shape index (κ3) is 2.75. The van der Waals surface area contributed by atoms with Crippen molar-refractivity contribution >= 4 is 28.1 Å². The maximum atomic E-state index is 13.2. The molecule has 2 heterocycles. The van der Waals surface area contributed by atoms with Gasteiger partial charge in [-0.15, -0.1) is 0 Å². The van der Waals surface area contributed by atoms with Gasteiger partial charge in [-0.05, 0) is 43.3 Å². The number of hydrogen-bond acceptors (Lipinski definition) is 4. The number of aromatic nitrogens is 3. The highest BCUT2D eigenvalue weighted by Crippen LogP contribution is 2.41. The summed E-state index contributed by atoms with van der Waals surface area (Å²) in [6.07, 6.45) is 1.54. The number of benzene rings is 2. The normalized spacial score (nSPS) is 11.2. The predicted molar refractivity (Wildman–Crippen MR) is 91.6 cm³/mol. The van der Waals surface area contributed by atoms with Crippen molar-refractivity contribution in [3.63, 3.8) is 0 Å². The fraction of sp³-hybridized carbons (Fsp3) is 0.0588. The Bertz CT molecular complexity index is 956. The van der Waals surface area contributed by atoms with Crippen LogP contribution < -0.4 is 0 Å². The first-order chi connectivity index (χ1) is 11.2. The highest BCUT2D eigenvalue weighted by molar-refractivity contribution is 8.01. The lowest BCUT2D eigenvalue weighted by atomic mass is 10.2. The minimum Gasteiger partial charge on any atom is -0.207 e. The van der Waals surface area contributed by atoms with Crippen LogP contribution >= 0.6 is 23.1 Å². The first kappa shape index (κ1) is 14.4. The summed E-state index contributed by atoms with van der Waals surface area (Å²) in [6, 6.07) is 14.9. The maximum Gasteiger partial charge on any atom is 0.213 e. The summed E-state index contributed by atoms with van der Waals surface area (Å²) in [4.78, 5) is 6.27. The predicted octanol–water partition coefficient (Wildman–Crippen LogP) is 5.06. The number of fused-ring (bicyclic) bond motifs is 1. The first-order valence-electron chi connectivity index (χ1n) is 7.04. The molecule has 2 aromatic heterocycles. The Morgan fingerprint density at radius 1 is 1.04 bits per heavy atom. The number of aryl methyl sites for hydroxylation is 1. The molecule has 114 valence electrons. The van der Waals surface area contributed by atoms with Crippen molar-refractivity contribution in [2.75, 3.05) is 0 Å². The zero-order valence-corrected chi connectivity index (χ0v) is 13.9. The van der Waals surface area contributed by atoms with Crippen LogP contribution in [0.4, 0.5) is 4.39 Å². The molecule has 0 atom stereocenters. The van der Waals surface area contributed by atoms with Crippen LogP contribution in [-0.2, 0) is 0 Å². The van der Waals surface area contributed by atoms with Crippen LogP contribution in [0.25, 0.3) is 16.2 Å². The second-order valence-corrected chi connectivity index (χ2v) is 7.43. The number of hydrogen-bond donors (Lipinski definition) is 0. The summed E-state index contributed by atoms with van der Waals surface area (Å²) < 4.78 is 16.1. The molecule has 6 heteroatoms. The van der Waals surface area contributed by atoms with E-state index in [1.807, 2.05) is 4.52 Å². The van der Waals surface area contributed by atoms with E-state index in [1.165, 1.54) is 17.7 Å². The van der Waals surface area contributed by atoms with Crippen LogP contribution in [0.2, 0.25) is 0 Å². The Morgan fingerprint density at radius 3 is 2.52 bits per heavy atom. The van der Waals surface area contributed by atoms with Gasteiger partial charge < -0.3 is 0 Å². The quantitative estimate of drug-likeness (QED) is 0.522. The van der Waals surface area contributed by atoms with Gasteiger partial charge in [0.15, 0.2) is 0 Å². The molecule has 4 aromatic rings. The molecule has 0 saturated carbocycles. The standard InChI is InChI=1S/C17H12FN3S2/c1-11-2-8-14(9-3-11)22-16-15(12-4-6-13(18)7-5-12)21-17(23-16)19-10-20-21/h2-10H,1H3. The molecule has 0 fully saturated rings. The maximum absolute atomic E-state index is 13.2. The minimum atomic E-state index is -0.244. The summed E-state index contributed by atoms with van der Waals surface area (Å²) >= 11 is 3.26. The van der Waals surface area contributed by atoms with E-state index in [1.54, 1.807) is 41.6 Å². The Kier molecular flexibility index (Phi) is 3.63. The molecule has 0 aliphatic rings. The average molecular weight is 341 g/mol. The van der Waals surface area contributed by atoms with E-state index in [2.05, 4.69) is 41.3 Å². The number of nitrogens with zero attached hydrogens (tertiary/aromatic N) is 3. The molecule has 0 aliphatic carbocycles. The van der Waals surface area contributed by atoms with Gasteiger partial charge in [0, 0.05) is 10.5 Å². The molecule has 4 rings (SSSR count). The molecular formula is C17H12FN3S2. The van der Waals surface area contributed by atoms with Gasteiger partial charge in [-0.25, -0.2) is 13.9 Å². The summed E-state index contributed by atoms with van der Waals surface area (Å²) in [5.41, 5.74) is 3.11. The second kappa shape index (κ2) is 5.79. The van der Waals surface area contributed by atoms with E-state index in [4.69, 9.17) is 0 Å². The monoisotopic (exact) mass is 341 g/mol. The summed E-state index contributed by atoms with van der Waals surface area (Å²) in [5, 5.41) is 4.30. The lowest BCUT2D eigenvalue weighted by Gasteiger charge is -2.05.